The Bertz CT molecular complexity index is 244. The molecule has 1 aliphatic rings. The van der Waals surface area contributed by atoms with Gasteiger partial charge < -0.3 is 0 Å². The topological polar surface area (TPSA) is 0 Å². The first-order valence-corrected chi connectivity index (χ1v) is 5.85. The SMILES string of the molecule is CCC(CC)(C1=CCC=C1)C(C)(C)C. The van der Waals surface area contributed by atoms with Crippen LogP contribution in [0.1, 0.15) is 53.9 Å². The molecule has 0 saturated carbocycles. The highest BCUT2D eigenvalue weighted by Gasteiger charge is 2.41. The van der Waals surface area contributed by atoms with Crippen molar-refractivity contribution in [2.24, 2.45) is 10.8 Å². The molecule has 80 valence electrons. The van der Waals surface area contributed by atoms with E-state index in [1.807, 2.05) is 0 Å². The Morgan fingerprint density at radius 3 is 2.00 bits per heavy atom. The monoisotopic (exact) mass is 192 g/mol. The molecule has 0 aliphatic heterocycles. The average molecular weight is 192 g/mol. The second kappa shape index (κ2) is 3.92. The Kier molecular flexibility index (Phi) is 3.24. The summed E-state index contributed by atoms with van der Waals surface area (Å²) >= 11 is 0. The lowest BCUT2D eigenvalue weighted by molar-refractivity contribution is 0.123. The minimum Gasteiger partial charge on any atom is -0.0804 e. The van der Waals surface area contributed by atoms with Crippen LogP contribution in [0, 0.1) is 10.8 Å². The molecule has 0 spiro atoms. The molecule has 0 heteroatoms. The summed E-state index contributed by atoms with van der Waals surface area (Å²) in [6, 6.07) is 0. The zero-order chi connectivity index (χ0) is 10.8. The van der Waals surface area contributed by atoms with Crippen molar-refractivity contribution in [1.29, 1.82) is 0 Å². The van der Waals surface area contributed by atoms with Crippen molar-refractivity contribution >= 4 is 0 Å². The number of allylic oxidation sites excluding steroid dienone is 4. The molecule has 1 aliphatic carbocycles. The van der Waals surface area contributed by atoms with E-state index in [-0.39, 0.29) is 0 Å². The summed E-state index contributed by atoms with van der Waals surface area (Å²) in [5.41, 5.74) is 2.30. The van der Waals surface area contributed by atoms with Gasteiger partial charge in [0.25, 0.3) is 0 Å². The molecule has 1 rings (SSSR count). The first-order chi connectivity index (χ1) is 6.48. The Morgan fingerprint density at radius 1 is 1.14 bits per heavy atom. The third kappa shape index (κ3) is 1.67. The largest absolute Gasteiger partial charge is 0.0804 e. The van der Waals surface area contributed by atoms with E-state index in [0.29, 0.717) is 10.8 Å². The van der Waals surface area contributed by atoms with Gasteiger partial charge in [0, 0.05) is 0 Å². The van der Waals surface area contributed by atoms with Crippen molar-refractivity contribution in [3.05, 3.63) is 23.8 Å². The van der Waals surface area contributed by atoms with E-state index >= 15 is 0 Å². The first-order valence-electron chi connectivity index (χ1n) is 5.85. The van der Waals surface area contributed by atoms with Gasteiger partial charge in [0.15, 0.2) is 0 Å². The van der Waals surface area contributed by atoms with E-state index in [1.165, 1.54) is 12.8 Å². The molecular weight excluding hydrogens is 168 g/mol. The fraction of sp³-hybridized carbons (Fsp3) is 0.714. The normalized spacial score (nSPS) is 17.4. The molecule has 0 N–H and O–H groups in total. The predicted octanol–water partition coefficient (Wildman–Crippen LogP) is 4.73. The fourth-order valence-electron chi connectivity index (χ4n) is 2.96. The highest BCUT2D eigenvalue weighted by molar-refractivity contribution is 5.34. The fourth-order valence-corrected chi connectivity index (χ4v) is 2.96. The lowest BCUT2D eigenvalue weighted by atomic mass is 9.59. The van der Waals surface area contributed by atoms with Crippen molar-refractivity contribution in [3.63, 3.8) is 0 Å². The molecule has 0 atom stereocenters. The summed E-state index contributed by atoms with van der Waals surface area (Å²) in [6.07, 6.45) is 10.6. The Morgan fingerprint density at radius 2 is 1.71 bits per heavy atom. The van der Waals surface area contributed by atoms with Crippen molar-refractivity contribution < 1.29 is 0 Å². The lowest BCUT2D eigenvalue weighted by Gasteiger charge is -2.45. The van der Waals surface area contributed by atoms with E-state index in [2.05, 4.69) is 52.8 Å². The van der Waals surface area contributed by atoms with Crippen LogP contribution >= 0.6 is 0 Å². The van der Waals surface area contributed by atoms with Crippen LogP contribution < -0.4 is 0 Å². The van der Waals surface area contributed by atoms with Gasteiger partial charge in [0.1, 0.15) is 0 Å². The number of hydrogen-bond acceptors (Lipinski definition) is 0. The van der Waals surface area contributed by atoms with Crippen LogP contribution in [0.5, 0.6) is 0 Å². The molecule has 0 fully saturated rings. The summed E-state index contributed by atoms with van der Waals surface area (Å²) in [6.45, 7) is 11.7. The van der Waals surface area contributed by atoms with Crippen LogP contribution in [0.2, 0.25) is 0 Å². The maximum absolute atomic E-state index is 2.40. The second-order valence-electron chi connectivity index (χ2n) is 5.34. The van der Waals surface area contributed by atoms with Gasteiger partial charge in [-0.2, -0.15) is 0 Å². The van der Waals surface area contributed by atoms with Gasteiger partial charge >= 0.3 is 0 Å². The van der Waals surface area contributed by atoms with Crippen LogP contribution in [0.3, 0.4) is 0 Å². The summed E-state index contributed by atoms with van der Waals surface area (Å²) in [4.78, 5) is 0. The van der Waals surface area contributed by atoms with Crippen molar-refractivity contribution in [1.82, 2.24) is 0 Å². The first kappa shape index (κ1) is 11.6. The van der Waals surface area contributed by atoms with E-state index < -0.39 is 0 Å². The molecule has 0 aromatic rings. The molecule has 0 nitrogen and oxygen atoms in total. The standard InChI is InChI=1S/C14H24/c1-6-14(7-2,13(3,4)5)12-10-8-9-11-12/h8,10-11H,6-7,9H2,1-5H3. The van der Waals surface area contributed by atoms with Crippen molar-refractivity contribution in [2.75, 3.05) is 0 Å². The Labute approximate surface area is 89.1 Å². The predicted molar refractivity (Wildman–Crippen MR) is 64.3 cm³/mol. The lowest BCUT2D eigenvalue weighted by Crippen LogP contribution is -2.35. The van der Waals surface area contributed by atoms with Crippen LogP contribution in [-0.2, 0) is 0 Å². The highest BCUT2D eigenvalue weighted by atomic mass is 14.4. The molecule has 0 bridgehead atoms. The molecule has 0 heterocycles. The molecule has 14 heavy (non-hydrogen) atoms. The van der Waals surface area contributed by atoms with E-state index in [1.54, 1.807) is 5.57 Å². The summed E-state index contributed by atoms with van der Waals surface area (Å²) in [7, 11) is 0. The van der Waals surface area contributed by atoms with E-state index in [4.69, 9.17) is 0 Å². The van der Waals surface area contributed by atoms with E-state index in [9.17, 15) is 0 Å². The summed E-state index contributed by atoms with van der Waals surface area (Å²) in [5.74, 6) is 0. The van der Waals surface area contributed by atoms with Crippen LogP contribution in [0.25, 0.3) is 0 Å². The summed E-state index contributed by atoms with van der Waals surface area (Å²) in [5, 5.41) is 0. The van der Waals surface area contributed by atoms with Gasteiger partial charge in [-0.25, -0.2) is 0 Å². The molecule has 0 amide bonds. The summed E-state index contributed by atoms with van der Waals surface area (Å²) < 4.78 is 0. The molecule has 0 unspecified atom stereocenters. The average Bonchev–Trinajstić information content (AvgIpc) is 2.58. The van der Waals surface area contributed by atoms with Crippen LogP contribution in [0.15, 0.2) is 23.8 Å². The van der Waals surface area contributed by atoms with Crippen LogP contribution in [0.4, 0.5) is 0 Å². The van der Waals surface area contributed by atoms with Crippen molar-refractivity contribution in [3.8, 4) is 0 Å². The molecular formula is C14H24. The van der Waals surface area contributed by atoms with Gasteiger partial charge in [0.2, 0.25) is 0 Å². The number of rotatable bonds is 3. The number of hydrogen-bond donors (Lipinski definition) is 0. The van der Waals surface area contributed by atoms with Crippen LogP contribution in [-0.4, -0.2) is 0 Å². The minimum atomic E-state index is 0.358. The van der Waals surface area contributed by atoms with Crippen molar-refractivity contribution in [2.45, 2.75) is 53.9 Å². The zero-order valence-corrected chi connectivity index (χ0v) is 10.4. The maximum Gasteiger partial charge on any atom is -0.000690 e. The maximum atomic E-state index is 2.40. The molecule has 0 aromatic heterocycles. The van der Waals surface area contributed by atoms with Gasteiger partial charge in [-0.3, -0.25) is 0 Å². The van der Waals surface area contributed by atoms with Gasteiger partial charge in [-0.15, -0.1) is 0 Å². The second-order valence-corrected chi connectivity index (χ2v) is 5.34. The van der Waals surface area contributed by atoms with Gasteiger partial charge in [0.05, 0.1) is 0 Å². The molecule has 0 aromatic carbocycles. The van der Waals surface area contributed by atoms with E-state index in [0.717, 1.165) is 6.42 Å². The smallest absolute Gasteiger partial charge is 0.000690 e. The highest BCUT2D eigenvalue weighted by Crippen LogP contribution is 2.51. The van der Waals surface area contributed by atoms with Gasteiger partial charge in [-0.05, 0) is 35.7 Å². The third-order valence-electron chi connectivity index (χ3n) is 3.97. The Balaban J connectivity index is 3.09. The quantitative estimate of drug-likeness (QED) is 0.606. The molecule has 0 radical (unpaired) electrons. The molecule has 0 saturated heterocycles. The minimum absolute atomic E-state index is 0.358. The third-order valence-corrected chi connectivity index (χ3v) is 3.97. The zero-order valence-electron chi connectivity index (χ0n) is 10.4. The Hall–Kier alpha value is -0.520. The van der Waals surface area contributed by atoms with Gasteiger partial charge in [-0.1, -0.05) is 52.8 Å².